The summed E-state index contributed by atoms with van der Waals surface area (Å²) >= 11 is 0. The number of rotatable bonds is 6. The van der Waals surface area contributed by atoms with Crippen LogP contribution in [0.3, 0.4) is 0 Å². The van der Waals surface area contributed by atoms with Gasteiger partial charge in [-0.25, -0.2) is 19.9 Å². The minimum Gasteiger partial charge on any atom is -0.350 e. The molecule has 0 unspecified atom stereocenters. The summed E-state index contributed by atoms with van der Waals surface area (Å²) in [5.74, 6) is 1.53. The molecule has 0 saturated heterocycles. The molecule has 1 N–H and O–H groups in total. The second kappa shape index (κ2) is 7.26. The van der Waals surface area contributed by atoms with Gasteiger partial charge in [0.2, 0.25) is 5.95 Å². The van der Waals surface area contributed by atoms with Crippen molar-refractivity contribution in [3.05, 3.63) is 78.1 Å². The number of aromatic nitrogens is 4. The Hall–Kier alpha value is -2.82. The Balaban J connectivity index is 1.52. The Kier molecular flexibility index (Phi) is 4.67. The van der Waals surface area contributed by atoms with Crippen LogP contribution >= 0.6 is 0 Å². The Morgan fingerprint density at radius 3 is 1.95 bits per heavy atom. The van der Waals surface area contributed by atoms with Crippen LogP contribution < -0.4 is 5.32 Å². The zero-order valence-corrected chi connectivity index (χ0v) is 12.2. The summed E-state index contributed by atoms with van der Waals surface area (Å²) in [4.78, 5) is 16.8. The first-order valence-electron chi connectivity index (χ1n) is 7.25. The van der Waals surface area contributed by atoms with Crippen LogP contribution in [0.1, 0.15) is 17.0 Å². The standard InChI is InChI=1S/C17H17N5/c1-9-18-16(19-10-1)8-7-14-3-5-15(6-4-14)13-22-17-20-11-2-12-21-17/h1-6,9-12H,7-8,13H2,(H,20,21,22). The Bertz CT molecular complexity index is 621. The van der Waals surface area contributed by atoms with E-state index >= 15 is 0 Å². The van der Waals surface area contributed by atoms with E-state index in [2.05, 4.69) is 49.5 Å². The van der Waals surface area contributed by atoms with Crippen LogP contribution in [0.4, 0.5) is 5.95 Å². The summed E-state index contributed by atoms with van der Waals surface area (Å²) in [6, 6.07) is 12.2. The minimum atomic E-state index is 0.646. The molecule has 0 aliphatic carbocycles. The predicted octanol–water partition coefficient (Wildman–Crippen LogP) is 2.66. The van der Waals surface area contributed by atoms with E-state index in [1.807, 2.05) is 6.07 Å². The van der Waals surface area contributed by atoms with Crippen molar-refractivity contribution in [2.75, 3.05) is 5.32 Å². The third kappa shape index (κ3) is 4.09. The maximum atomic E-state index is 4.24. The van der Waals surface area contributed by atoms with Gasteiger partial charge in [0, 0.05) is 37.8 Å². The topological polar surface area (TPSA) is 63.6 Å². The summed E-state index contributed by atoms with van der Waals surface area (Å²) in [5.41, 5.74) is 2.49. The second-order valence-corrected chi connectivity index (χ2v) is 4.91. The van der Waals surface area contributed by atoms with Gasteiger partial charge in [0.15, 0.2) is 0 Å². The first-order chi connectivity index (χ1) is 10.9. The first-order valence-corrected chi connectivity index (χ1v) is 7.25. The summed E-state index contributed by atoms with van der Waals surface area (Å²) < 4.78 is 0. The van der Waals surface area contributed by atoms with E-state index in [0.29, 0.717) is 12.5 Å². The average Bonchev–Trinajstić information content (AvgIpc) is 2.61. The van der Waals surface area contributed by atoms with Crippen molar-refractivity contribution in [3.8, 4) is 0 Å². The van der Waals surface area contributed by atoms with E-state index in [1.54, 1.807) is 30.9 Å². The summed E-state index contributed by atoms with van der Waals surface area (Å²) in [6.07, 6.45) is 8.81. The zero-order valence-electron chi connectivity index (χ0n) is 12.2. The van der Waals surface area contributed by atoms with Crippen LogP contribution in [0.15, 0.2) is 61.2 Å². The van der Waals surface area contributed by atoms with Crippen molar-refractivity contribution < 1.29 is 0 Å². The Labute approximate surface area is 129 Å². The lowest BCUT2D eigenvalue weighted by Crippen LogP contribution is -2.03. The largest absolute Gasteiger partial charge is 0.350 e. The molecule has 0 spiro atoms. The first kappa shape index (κ1) is 14.1. The fourth-order valence-corrected chi connectivity index (χ4v) is 2.11. The van der Waals surface area contributed by atoms with Crippen LogP contribution in [-0.4, -0.2) is 19.9 Å². The van der Waals surface area contributed by atoms with Crippen molar-refractivity contribution in [2.24, 2.45) is 0 Å². The number of hydrogen-bond acceptors (Lipinski definition) is 5. The van der Waals surface area contributed by atoms with Crippen LogP contribution in [0.2, 0.25) is 0 Å². The molecule has 0 amide bonds. The van der Waals surface area contributed by atoms with Crippen molar-refractivity contribution in [3.63, 3.8) is 0 Å². The van der Waals surface area contributed by atoms with E-state index in [1.165, 1.54) is 11.1 Å². The maximum absolute atomic E-state index is 4.24. The predicted molar refractivity (Wildman–Crippen MR) is 85.2 cm³/mol. The Morgan fingerprint density at radius 2 is 1.27 bits per heavy atom. The molecule has 0 radical (unpaired) electrons. The summed E-state index contributed by atoms with van der Waals surface area (Å²) in [5, 5.41) is 3.20. The molecule has 0 saturated carbocycles. The molecular weight excluding hydrogens is 274 g/mol. The second-order valence-electron chi connectivity index (χ2n) is 4.91. The van der Waals surface area contributed by atoms with Gasteiger partial charge in [0.05, 0.1) is 0 Å². The molecule has 3 aromatic rings. The highest BCUT2D eigenvalue weighted by Gasteiger charge is 1.99. The number of hydrogen-bond donors (Lipinski definition) is 1. The maximum Gasteiger partial charge on any atom is 0.222 e. The monoisotopic (exact) mass is 291 g/mol. The quantitative estimate of drug-likeness (QED) is 0.756. The van der Waals surface area contributed by atoms with E-state index in [-0.39, 0.29) is 0 Å². The molecule has 0 fully saturated rings. The average molecular weight is 291 g/mol. The van der Waals surface area contributed by atoms with Crippen LogP contribution in [0, 0.1) is 0 Å². The lowest BCUT2D eigenvalue weighted by atomic mass is 10.1. The summed E-state index contributed by atoms with van der Waals surface area (Å²) in [6.45, 7) is 0.714. The van der Waals surface area contributed by atoms with Gasteiger partial charge < -0.3 is 5.32 Å². The third-order valence-corrected chi connectivity index (χ3v) is 3.30. The zero-order chi connectivity index (χ0) is 15.0. The van der Waals surface area contributed by atoms with E-state index in [9.17, 15) is 0 Å². The number of anilines is 1. The van der Waals surface area contributed by atoms with Gasteiger partial charge in [-0.15, -0.1) is 0 Å². The van der Waals surface area contributed by atoms with E-state index < -0.39 is 0 Å². The molecule has 5 heteroatoms. The molecule has 1 aromatic carbocycles. The fourth-order valence-electron chi connectivity index (χ4n) is 2.11. The smallest absolute Gasteiger partial charge is 0.222 e. The van der Waals surface area contributed by atoms with Crippen LogP contribution in [0.25, 0.3) is 0 Å². The molecule has 0 bridgehead atoms. The number of benzene rings is 1. The van der Waals surface area contributed by atoms with Crippen LogP contribution in [0.5, 0.6) is 0 Å². The minimum absolute atomic E-state index is 0.646. The van der Waals surface area contributed by atoms with Gasteiger partial charge >= 0.3 is 0 Å². The highest BCUT2D eigenvalue weighted by atomic mass is 15.1. The molecular formula is C17H17N5. The van der Waals surface area contributed by atoms with E-state index in [4.69, 9.17) is 0 Å². The SMILES string of the molecule is c1cnc(CCc2ccc(CNc3ncccn3)cc2)nc1. The normalized spacial score (nSPS) is 10.4. The highest BCUT2D eigenvalue weighted by Crippen LogP contribution is 2.08. The van der Waals surface area contributed by atoms with Crippen molar-refractivity contribution >= 4 is 5.95 Å². The number of nitrogens with zero attached hydrogens (tertiary/aromatic N) is 4. The van der Waals surface area contributed by atoms with Crippen molar-refractivity contribution in [2.45, 2.75) is 19.4 Å². The lowest BCUT2D eigenvalue weighted by Gasteiger charge is -2.06. The van der Waals surface area contributed by atoms with Gasteiger partial charge in [-0.2, -0.15) is 0 Å². The molecule has 3 rings (SSSR count). The van der Waals surface area contributed by atoms with E-state index in [0.717, 1.165) is 18.7 Å². The van der Waals surface area contributed by atoms with Gasteiger partial charge in [-0.05, 0) is 29.7 Å². The number of nitrogens with one attached hydrogen (secondary N) is 1. The lowest BCUT2D eigenvalue weighted by molar-refractivity contribution is 0.857. The molecule has 0 aliphatic heterocycles. The fraction of sp³-hybridized carbons (Fsp3) is 0.176. The molecule has 22 heavy (non-hydrogen) atoms. The Morgan fingerprint density at radius 1 is 0.682 bits per heavy atom. The van der Waals surface area contributed by atoms with Gasteiger partial charge in [-0.1, -0.05) is 24.3 Å². The van der Waals surface area contributed by atoms with Crippen molar-refractivity contribution in [1.29, 1.82) is 0 Å². The molecule has 0 atom stereocenters. The third-order valence-electron chi connectivity index (χ3n) is 3.30. The molecule has 2 aromatic heterocycles. The molecule has 5 nitrogen and oxygen atoms in total. The van der Waals surface area contributed by atoms with Gasteiger partial charge in [0.1, 0.15) is 5.82 Å². The van der Waals surface area contributed by atoms with Crippen LogP contribution in [-0.2, 0) is 19.4 Å². The summed E-state index contributed by atoms with van der Waals surface area (Å²) in [7, 11) is 0. The highest BCUT2D eigenvalue weighted by molar-refractivity contribution is 5.28. The van der Waals surface area contributed by atoms with Crippen molar-refractivity contribution in [1.82, 2.24) is 19.9 Å². The number of aryl methyl sites for hydroxylation is 2. The molecule has 0 aliphatic rings. The van der Waals surface area contributed by atoms with Gasteiger partial charge in [0.25, 0.3) is 0 Å². The molecule has 110 valence electrons. The van der Waals surface area contributed by atoms with Gasteiger partial charge in [-0.3, -0.25) is 0 Å². The molecule has 2 heterocycles.